The van der Waals surface area contributed by atoms with Crippen molar-refractivity contribution >= 4 is 12.0 Å². The van der Waals surface area contributed by atoms with Gasteiger partial charge < -0.3 is 15.3 Å². The van der Waals surface area contributed by atoms with Gasteiger partial charge in [0.05, 0.1) is 5.41 Å². The maximum Gasteiger partial charge on any atom is 0.317 e. The van der Waals surface area contributed by atoms with E-state index in [4.69, 9.17) is 0 Å². The Morgan fingerprint density at radius 1 is 1.24 bits per heavy atom. The fraction of sp³-hybridized carbons (Fsp3) is 0.875. The predicted molar refractivity (Wildman–Crippen MR) is 81.0 cm³/mol. The molecule has 1 aliphatic heterocycles. The first-order valence-electron chi connectivity index (χ1n) is 7.84. The lowest BCUT2D eigenvalue weighted by Crippen LogP contribution is -2.42. The van der Waals surface area contributed by atoms with Crippen molar-refractivity contribution in [2.45, 2.75) is 47.5 Å². The quantitative estimate of drug-likeness (QED) is 0.837. The van der Waals surface area contributed by atoms with Crippen LogP contribution in [0.4, 0.5) is 4.79 Å². The summed E-state index contributed by atoms with van der Waals surface area (Å²) in [5.41, 5.74) is -0.255. The van der Waals surface area contributed by atoms with E-state index < -0.39 is 11.4 Å². The molecule has 2 aliphatic rings. The number of nitrogens with zero attached hydrogens (tertiary/aromatic N) is 1. The van der Waals surface area contributed by atoms with Gasteiger partial charge in [-0.15, -0.1) is 0 Å². The lowest BCUT2D eigenvalue weighted by molar-refractivity contribution is -0.148. The lowest BCUT2D eigenvalue weighted by Gasteiger charge is -2.23. The predicted octanol–water partition coefficient (Wildman–Crippen LogP) is 2.56. The van der Waals surface area contributed by atoms with Crippen molar-refractivity contribution in [3.8, 4) is 0 Å². The van der Waals surface area contributed by atoms with Gasteiger partial charge in [0.25, 0.3) is 0 Å². The van der Waals surface area contributed by atoms with Gasteiger partial charge >= 0.3 is 12.0 Å². The number of aliphatic carboxylic acids is 1. The van der Waals surface area contributed by atoms with E-state index in [1.54, 1.807) is 4.90 Å². The van der Waals surface area contributed by atoms with Crippen LogP contribution in [0.2, 0.25) is 0 Å². The third kappa shape index (κ3) is 2.40. The summed E-state index contributed by atoms with van der Waals surface area (Å²) in [4.78, 5) is 25.3. The second-order valence-electron chi connectivity index (χ2n) is 7.79. The van der Waals surface area contributed by atoms with E-state index in [1.165, 1.54) is 0 Å². The number of rotatable bonds is 4. The van der Waals surface area contributed by atoms with Gasteiger partial charge in [0.15, 0.2) is 0 Å². The minimum absolute atomic E-state index is 0.120. The van der Waals surface area contributed by atoms with Crippen molar-refractivity contribution in [1.82, 2.24) is 10.2 Å². The summed E-state index contributed by atoms with van der Waals surface area (Å²) < 4.78 is 0. The molecule has 2 rings (SSSR count). The molecule has 1 saturated heterocycles. The number of carbonyl (C=O) groups excluding carboxylic acids is 1. The van der Waals surface area contributed by atoms with Crippen LogP contribution in [0.3, 0.4) is 0 Å². The van der Waals surface area contributed by atoms with Gasteiger partial charge in [0, 0.05) is 19.6 Å². The third-order valence-electron chi connectivity index (χ3n) is 6.55. The molecule has 21 heavy (non-hydrogen) atoms. The molecule has 2 amide bonds. The normalized spacial score (nSPS) is 30.2. The molecule has 0 aromatic carbocycles. The molecule has 5 nitrogen and oxygen atoms in total. The van der Waals surface area contributed by atoms with Crippen molar-refractivity contribution in [2.24, 2.45) is 22.2 Å². The van der Waals surface area contributed by atoms with Crippen LogP contribution in [0.5, 0.6) is 0 Å². The molecule has 1 unspecified atom stereocenters. The second-order valence-corrected chi connectivity index (χ2v) is 7.79. The van der Waals surface area contributed by atoms with Gasteiger partial charge in [-0.1, -0.05) is 34.6 Å². The maximum atomic E-state index is 12.2. The molecule has 1 aliphatic carbocycles. The Hall–Kier alpha value is -1.26. The Bertz CT molecular complexity index is 444. The molecule has 1 heterocycles. The molecule has 0 aromatic rings. The SMILES string of the molecule is CCC1(C(=O)O)CCN(C(=O)NCC2C(C)(C)C2(C)C)C1. The molecule has 1 atom stereocenters. The highest BCUT2D eigenvalue weighted by atomic mass is 16.4. The van der Waals surface area contributed by atoms with Gasteiger partial charge in [-0.05, 0) is 29.6 Å². The summed E-state index contributed by atoms with van der Waals surface area (Å²) >= 11 is 0. The average Bonchev–Trinajstić information content (AvgIpc) is 2.74. The van der Waals surface area contributed by atoms with Gasteiger partial charge in [-0.2, -0.15) is 0 Å². The van der Waals surface area contributed by atoms with Crippen LogP contribution >= 0.6 is 0 Å². The van der Waals surface area contributed by atoms with E-state index in [0.717, 1.165) is 0 Å². The number of likely N-dealkylation sites (tertiary alicyclic amines) is 1. The molecule has 2 fully saturated rings. The van der Waals surface area contributed by atoms with Gasteiger partial charge in [0.1, 0.15) is 0 Å². The zero-order chi connectivity index (χ0) is 16.1. The number of carboxylic acid groups (broad SMARTS) is 1. The second kappa shape index (κ2) is 4.89. The fourth-order valence-corrected chi connectivity index (χ4v) is 3.80. The van der Waals surface area contributed by atoms with Crippen LogP contribution in [0.25, 0.3) is 0 Å². The van der Waals surface area contributed by atoms with Crippen LogP contribution in [0.1, 0.15) is 47.5 Å². The highest BCUT2D eigenvalue weighted by molar-refractivity contribution is 5.79. The van der Waals surface area contributed by atoms with Crippen LogP contribution < -0.4 is 5.32 Å². The van der Waals surface area contributed by atoms with Crippen LogP contribution in [0, 0.1) is 22.2 Å². The van der Waals surface area contributed by atoms with E-state index in [9.17, 15) is 14.7 Å². The number of carboxylic acids is 1. The van der Waals surface area contributed by atoms with Crippen LogP contribution in [-0.4, -0.2) is 41.6 Å². The summed E-state index contributed by atoms with van der Waals surface area (Å²) in [6.07, 6.45) is 1.11. The Morgan fingerprint density at radius 3 is 2.19 bits per heavy atom. The largest absolute Gasteiger partial charge is 0.481 e. The Balaban J connectivity index is 1.88. The Labute approximate surface area is 127 Å². The molecule has 120 valence electrons. The first kappa shape index (κ1) is 16.1. The van der Waals surface area contributed by atoms with Crippen LogP contribution in [0.15, 0.2) is 0 Å². The van der Waals surface area contributed by atoms with E-state index >= 15 is 0 Å². The van der Waals surface area contributed by atoms with Gasteiger partial charge in [-0.25, -0.2) is 4.79 Å². The highest BCUT2D eigenvalue weighted by Crippen LogP contribution is 2.67. The Kier molecular flexibility index (Phi) is 3.75. The molecule has 2 N–H and O–H groups in total. The van der Waals surface area contributed by atoms with E-state index in [0.29, 0.717) is 38.4 Å². The zero-order valence-corrected chi connectivity index (χ0v) is 13.8. The molecule has 0 radical (unpaired) electrons. The third-order valence-corrected chi connectivity index (χ3v) is 6.55. The highest BCUT2D eigenvalue weighted by Gasteiger charge is 2.64. The maximum absolute atomic E-state index is 12.2. The molecule has 5 heteroatoms. The van der Waals surface area contributed by atoms with Crippen molar-refractivity contribution < 1.29 is 14.7 Å². The van der Waals surface area contributed by atoms with Gasteiger partial charge in [-0.3, -0.25) is 4.79 Å². The van der Waals surface area contributed by atoms with Gasteiger partial charge in [0.2, 0.25) is 0 Å². The monoisotopic (exact) mass is 296 g/mol. The molecule has 0 spiro atoms. The van der Waals surface area contributed by atoms with Crippen molar-refractivity contribution in [3.63, 3.8) is 0 Å². The number of hydrogen-bond donors (Lipinski definition) is 2. The van der Waals surface area contributed by atoms with E-state index in [-0.39, 0.29) is 16.9 Å². The summed E-state index contributed by atoms with van der Waals surface area (Å²) in [5, 5.41) is 12.4. The van der Waals surface area contributed by atoms with Crippen molar-refractivity contribution in [2.75, 3.05) is 19.6 Å². The standard InChI is InChI=1S/C16H28N2O3/c1-6-16(12(19)20)7-8-18(10-16)13(21)17-9-11-14(2,3)15(11,4)5/h11H,6-10H2,1-5H3,(H,17,21)(H,19,20). The summed E-state index contributed by atoms with van der Waals surface area (Å²) in [7, 11) is 0. The van der Waals surface area contributed by atoms with E-state index in [1.807, 2.05) is 6.92 Å². The average molecular weight is 296 g/mol. The number of urea groups is 1. The number of carbonyl (C=O) groups is 2. The van der Waals surface area contributed by atoms with Crippen molar-refractivity contribution in [3.05, 3.63) is 0 Å². The topological polar surface area (TPSA) is 69.6 Å². The number of hydrogen-bond acceptors (Lipinski definition) is 2. The Morgan fingerprint density at radius 2 is 1.81 bits per heavy atom. The molecular weight excluding hydrogens is 268 g/mol. The fourth-order valence-electron chi connectivity index (χ4n) is 3.80. The number of amides is 2. The first-order chi connectivity index (χ1) is 9.58. The summed E-state index contributed by atoms with van der Waals surface area (Å²) in [6, 6.07) is -0.120. The molecule has 0 aromatic heterocycles. The smallest absolute Gasteiger partial charge is 0.317 e. The zero-order valence-electron chi connectivity index (χ0n) is 13.8. The minimum Gasteiger partial charge on any atom is -0.481 e. The summed E-state index contributed by atoms with van der Waals surface area (Å²) in [6.45, 7) is 12.3. The van der Waals surface area contributed by atoms with E-state index in [2.05, 4.69) is 33.0 Å². The summed E-state index contributed by atoms with van der Waals surface area (Å²) in [5.74, 6) is -0.309. The first-order valence-corrected chi connectivity index (χ1v) is 7.84. The minimum atomic E-state index is -0.787. The van der Waals surface area contributed by atoms with Crippen molar-refractivity contribution in [1.29, 1.82) is 0 Å². The number of nitrogens with one attached hydrogen (secondary N) is 1. The van der Waals surface area contributed by atoms with Crippen LogP contribution in [-0.2, 0) is 4.79 Å². The molecule has 1 saturated carbocycles. The molecule has 0 bridgehead atoms. The molecular formula is C16H28N2O3. The lowest BCUT2D eigenvalue weighted by atomic mass is 9.84.